The van der Waals surface area contributed by atoms with Crippen LogP contribution in [-0.4, -0.2) is 35.1 Å². The summed E-state index contributed by atoms with van der Waals surface area (Å²) < 4.78 is 0. The van der Waals surface area contributed by atoms with Gasteiger partial charge in [-0.2, -0.15) is 0 Å². The predicted octanol–water partition coefficient (Wildman–Crippen LogP) is 1.89. The summed E-state index contributed by atoms with van der Waals surface area (Å²) in [5, 5.41) is 8.53. The molecule has 0 saturated carbocycles. The topological polar surface area (TPSA) is 40.5 Å². The van der Waals surface area contributed by atoms with Crippen molar-refractivity contribution in [2.24, 2.45) is 0 Å². The van der Waals surface area contributed by atoms with Crippen molar-refractivity contribution >= 4 is 5.97 Å². The van der Waals surface area contributed by atoms with Gasteiger partial charge in [0.25, 0.3) is 0 Å². The zero-order valence-electron chi connectivity index (χ0n) is 8.99. The van der Waals surface area contributed by atoms with Gasteiger partial charge < -0.3 is 5.11 Å². The Kier molecular flexibility index (Phi) is 4.14. The minimum Gasteiger partial charge on any atom is -0.481 e. The fourth-order valence-corrected chi connectivity index (χ4v) is 1.79. The maximum Gasteiger partial charge on any atom is 0.303 e. The third-order valence-corrected chi connectivity index (χ3v) is 2.72. The van der Waals surface area contributed by atoms with Crippen LogP contribution in [0.1, 0.15) is 33.1 Å². The molecule has 1 heterocycles. The van der Waals surface area contributed by atoms with Crippen molar-refractivity contribution < 1.29 is 9.90 Å². The first kappa shape index (κ1) is 11.2. The molecule has 1 unspecified atom stereocenters. The summed E-state index contributed by atoms with van der Waals surface area (Å²) in [6, 6.07) is 0.562. The van der Waals surface area contributed by atoms with Gasteiger partial charge in [-0.15, -0.1) is 0 Å². The summed E-state index contributed by atoms with van der Waals surface area (Å²) in [5.74, 6) is -0.693. The second-order valence-corrected chi connectivity index (χ2v) is 4.10. The van der Waals surface area contributed by atoms with E-state index in [1.54, 1.807) is 0 Å². The van der Waals surface area contributed by atoms with Crippen LogP contribution in [-0.2, 0) is 4.79 Å². The lowest BCUT2D eigenvalue weighted by Crippen LogP contribution is -2.37. The summed E-state index contributed by atoms with van der Waals surface area (Å²) >= 11 is 0. The van der Waals surface area contributed by atoms with Crippen LogP contribution in [0.4, 0.5) is 0 Å². The van der Waals surface area contributed by atoms with Crippen LogP contribution in [0.5, 0.6) is 0 Å². The molecule has 3 nitrogen and oxygen atoms in total. The molecule has 0 amide bonds. The largest absolute Gasteiger partial charge is 0.481 e. The molecule has 0 bridgehead atoms. The van der Waals surface area contributed by atoms with Crippen LogP contribution >= 0.6 is 0 Å². The first-order valence-corrected chi connectivity index (χ1v) is 5.21. The second kappa shape index (κ2) is 5.15. The Morgan fingerprint density at radius 1 is 1.71 bits per heavy atom. The van der Waals surface area contributed by atoms with E-state index in [-0.39, 0.29) is 6.42 Å². The Balaban J connectivity index is 2.30. The molecule has 0 aromatic rings. The maximum atomic E-state index is 10.4. The normalized spacial score (nSPS) is 23.3. The van der Waals surface area contributed by atoms with Crippen LogP contribution in [0.15, 0.2) is 11.6 Å². The highest BCUT2D eigenvalue weighted by atomic mass is 16.4. The molecular formula is C11H19NO2. The minimum absolute atomic E-state index is 0.284. The Bertz CT molecular complexity index is 235. The monoisotopic (exact) mass is 197 g/mol. The zero-order chi connectivity index (χ0) is 10.6. The standard InChI is InChI=1S/C11H19NO2/c1-9-5-6-10(2)12(8-9)7-3-4-11(13)14/h5,10H,3-4,6-8H2,1-2H3,(H,13,14). The Morgan fingerprint density at radius 2 is 2.43 bits per heavy atom. The highest BCUT2D eigenvalue weighted by Gasteiger charge is 2.16. The Morgan fingerprint density at radius 3 is 3.07 bits per heavy atom. The lowest BCUT2D eigenvalue weighted by molar-refractivity contribution is -0.137. The average Bonchev–Trinajstić information content (AvgIpc) is 2.10. The van der Waals surface area contributed by atoms with Crippen molar-refractivity contribution in [3.8, 4) is 0 Å². The van der Waals surface area contributed by atoms with E-state index in [0.29, 0.717) is 6.04 Å². The molecule has 0 radical (unpaired) electrons. The van der Waals surface area contributed by atoms with Gasteiger partial charge in [0.2, 0.25) is 0 Å². The van der Waals surface area contributed by atoms with E-state index in [0.717, 1.165) is 25.9 Å². The van der Waals surface area contributed by atoms with Crippen LogP contribution in [0.2, 0.25) is 0 Å². The van der Waals surface area contributed by atoms with Crippen molar-refractivity contribution in [3.63, 3.8) is 0 Å². The molecular weight excluding hydrogens is 178 g/mol. The van der Waals surface area contributed by atoms with Crippen molar-refractivity contribution in [1.82, 2.24) is 4.90 Å². The summed E-state index contributed by atoms with van der Waals surface area (Å²) in [6.45, 7) is 6.24. The molecule has 14 heavy (non-hydrogen) atoms. The molecule has 1 N–H and O–H groups in total. The molecule has 0 aromatic carbocycles. The molecule has 1 aliphatic heterocycles. The van der Waals surface area contributed by atoms with E-state index >= 15 is 0 Å². The lowest BCUT2D eigenvalue weighted by atomic mass is 10.0. The summed E-state index contributed by atoms with van der Waals surface area (Å²) in [7, 11) is 0. The van der Waals surface area contributed by atoms with Gasteiger partial charge in [-0.3, -0.25) is 9.69 Å². The molecule has 1 aliphatic rings. The van der Waals surface area contributed by atoms with Gasteiger partial charge in [0.05, 0.1) is 0 Å². The molecule has 3 heteroatoms. The van der Waals surface area contributed by atoms with E-state index < -0.39 is 5.97 Å². The van der Waals surface area contributed by atoms with Crippen LogP contribution in [0.25, 0.3) is 0 Å². The smallest absolute Gasteiger partial charge is 0.303 e. The third-order valence-electron chi connectivity index (χ3n) is 2.72. The number of rotatable bonds is 4. The summed E-state index contributed by atoms with van der Waals surface area (Å²) in [6.07, 6.45) is 4.41. The molecule has 80 valence electrons. The van der Waals surface area contributed by atoms with E-state index in [2.05, 4.69) is 24.8 Å². The molecule has 0 spiro atoms. The molecule has 0 saturated heterocycles. The van der Waals surface area contributed by atoms with Gasteiger partial charge in [-0.05, 0) is 33.2 Å². The zero-order valence-corrected chi connectivity index (χ0v) is 8.99. The minimum atomic E-state index is -0.693. The quantitative estimate of drug-likeness (QED) is 0.700. The van der Waals surface area contributed by atoms with E-state index in [4.69, 9.17) is 5.11 Å². The van der Waals surface area contributed by atoms with Gasteiger partial charge in [-0.25, -0.2) is 0 Å². The lowest BCUT2D eigenvalue weighted by Gasteiger charge is -2.32. The van der Waals surface area contributed by atoms with Gasteiger partial charge in [-0.1, -0.05) is 11.6 Å². The van der Waals surface area contributed by atoms with Crippen molar-refractivity contribution in [2.75, 3.05) is 13.1 Å². The summed E-state index contributed by atoms with van der Waals surface area (Å²) in [5.41, 5.74) is 1.40. The molecule has 0 fully saturated rings. The maximum absolute atomic E-state index is 10.4. The first-order valence-electron chi connectivity index (χ1n) is 5.21. The SMILES string of the molecule is CC1=CCC(C)N(CCCC(=O)O)C1. The van der Waals surface area contributed by atoms with E-state index in [9.17, 15) is 4.79 Å². The van der Waals surface area contributed by atoms with Crippen molar-refractivity contribution in [1.29, 1.82) is 0 Å². The number of carboxylic acids is 1. The van der Waals surface area contributed by atoms with Crippen LogP contribution in [0.3, 0.4) is 0 Å². The van der Waals surface area contributed by atoms with E-state index in [1.807, 2.05) is 0 Å². The summed E-state index contributed by atoms with van der Waals surface area (Å²) in [4.78, 5) is 12.7. The van der Waals surface area contributed by atoms with Gasteiger partial charge in [0.15, 0.2) is 0 Å². The number of carboxylic acid groups (broad SMARTS) is 1. The molecule has 1 atom stereocenters. The molecule has 1 rings (SSSR count). The Hall–Kier alpha value is -0.830. The van der Waals surface area contributed by atoms with Crippen molar-refractivity contribution in [3.05, 3.63) is 11.6 Å². The van der Waals surface area contributed by atoms with Gasteiger partial charge in [0, 0.05) is 19.0 Å². The second-order valence-electron chi connectivity index (χ2n) is 4.10. The molecule has 0 aliphatic carbocycles. The Labute approximate surface area is 85.4 Å². The van der Waals surface area contributed by atoms with Crippen LogP contribution in [0, 0.1) is 0 Å². The average molecular weight is 197 g/mol. The molecule has 0 aromatic heterocycles. The van der Waals surface area contributed by atoms with Gasteiger partial charge >= 0.3 is 5.97 Å². The van der Waals surface area contributed by atoms with E-state index in [1.165, 1.54) is 5.57 Å². The van der Waals surface area contributed by atoms with Crippen molar-refractivity contribution in [2.45, 2.75) is 39.2 Å². The number of hydrogen-bond acceptors (Lipinski definition) is 2. The number of aliphatic carboxylic acids is 1. The fourth-order valence-electron chi connectivity index (χ4n) is 1.79. The third kappa shape index (κ3) is 3.50. The first-order chi connectivity index (χ1) is 6.59. The van der Waals surface area contributed by atoms with Gasteiger partial charge in [0.1, 0.15) is 0 Å². The highest BCUT2D eigenvalue weighted by Crippen LogP contribution is 2.15. The highest BCUT2D eigenvalue weighted by molar-refractivity contribution is 5.66. The van der Waals surface area contributed by atoms with Crippen LogP contribution < -0.4 is 0 Å². The number of nitrogens with zero attached hydrogens (tertiary/aromatic N) is 1. The number of hydrogen-bond donors (Lipinski definition) is 1. The fraction of sp³-hybridized carbons (Fsp3) is 0.727. The number of carbonyl (C=O) groups is 1. The predicted molar refractivity (Wildman–Crippen MR) is 56.3 cm³/mol.